The van der Waals surface area contributed by atoms with Gasteiger partial charge in [0.1, 0.15) is 12.2 Å². The van der Waals surface area contributed by atoms with Gasteiger partial charge in [-0.1, -0.05) is 146 Å². The number of hydrogen-bond donors (Lipinski definition) is 2. The maximum Gasteiger partial charge on any atom is 0.195 e. The van der Waals surface area contributed by atoms with Crippen LogP contribution in [0.2, 0.25) is 0 Å². The number of hydrogen-bond acceptors (Lipinski definition) is 6. The van der Waals surface area contributed by atoms with Gasteiger partial charge in [-0.2, -0.15) is 0 Å². The molecule has 2 N–H and O–H groups in total. The summed E-state index contributed by atoms with van der Waals surface area (Å²) in [5.74, 6) is -0.648. The third kappa shape index (κ3) is 8.13. The fraction of sp³-hybridized carbons (Fsp3) is 0.0909. The lowest BCUT2D eigenvalue weighted by Gasteiger charge is -2.18. The van der Waals surface area contributed by atoms with Gasteiger partial charge in [-0.25, -0.2) is 0 Å². The molecule has 7 rings (SSSR count). The minimum atomic E-state index is -1.08. The molecule has 2 unspecified atom stereocenters. The van der Waals surface area contributed by atoms with Gasteiger partial charge in [-0.15, -0.1) is 0 Å². The molecule has 2 atom stereocenters. The van der Waals surface area contributed by atoms with E-state index in [1.165, 1.54) is 0 Å². The van der Waals surface area contributed by atoms with Crippen molar-refractivity contribution in [2.75, 3.05) is 0 Å². The van der Waals surface area contributed by atoms with E-state index < -0.39 is 12.2 Å². The average molecular weight is 661 g/mol. The first-order valence-electron chi connectivity index (χ1n) is 16.1. The molecule has 0 heterocycles. The fourth-order valence-electron chi connectivity index (χ4n) is 5.46. The molecule has 6 aromatic carbocycles. The van der Waals surface area contributed by atoms with E-state index in [2.05, 4.69) is 0 Å². The van der Waals surface area contributed by atoms with E-state index in [0.29, 0.717) is 44.5 Å². The van der Waals surface area contributed by atoms with Crippen LogP contribution in [-0.2, 0) is 0 Å². The fourth-order valence-corrected chi connectivity index (χ4v) is 5.46. The zero-order valence-corrected chi connectivity index (χ0v) is 27.7. The summed E-state index contributed by atoms with van der Waals surface area (Å²) in [5.41, 5.74) is 6.45. The number of carbonyl (C=O) groups excluding carboxylic acids is 4. The number of aliphatic hydroxyl groups is 2. The molecule has 0 spiro atoms. The molecule has 0 aromatic heterocycles. The SMILES string of the molecule is Cc1cc2c(cc1C)C(=O)c1ccccc1C2=O.O=C(c1ccccc1)C(O)c1ccccc1.O=C(c1ccccc1)C(O)c1ccccc1. The highest BCUT2D eigenvalue weighted by atomic mass is 16.3. The lowest BCUT2D eigenvalue weighted by atomic mass is 9.82. The van der Waals surface area contributed by atoms with Crippen LogP contribution in [0.5, 0.6) is 0 Å². The van der Waals surface area contributed by atoms with Crippen LogP contribution in [-0.4, -0.2) is 33.3 Å². The summed E-state index contributed by atoms with van der Waals surface area (Å²) in [4.78, 5) is 48.5. The van der Waals surface area contributed by atoms with Crippen molar-refractivity contribution >= 4 is 23.1 Å². The molecule has 248 valence electrons. The maximum atomic E-state index is 12.4. The maximum absolute atomic E-state index is 12.4. The Morgan fingerprint density at radius 1 is 0.420 bits per heavy atom. The number of ketones is 4. The summed E-state index contributed by atoms with van der Waals surface area (Å²) >= 11 is 0. The van der Waals surface area contributed by atoms with E-state index in [-0.39, 0.29) is 23.1 Å². The van der Waals surface area contributed by atoms with Crippen molar-refractivity contribution in [1.29, 1.82) is 0 Å². The molecule has 6 nitrogen and oxygen atoms in total. The monoisotopic (exact) mass is 660 g/mol. The van der Waals surface area contributed by atoms with Crippen molar-refractivity contribution in [2.24, 2.45) is 0 Å². The van der Waals surface area contributed by atoms with Gasteiger partial charge in [-0.05, 0) is 48.2 Å². The van der Waals surface area contributed by atoms with Crippen LogP contribution < -0.4 is 0 Å². The van der Waals surface area contributed by atoms with E-state index in [4.69, 9.17) is 0 Å². The molecule has 0 aliphatic heterocycles. The predicted molar refractivity (Wildman–Crippen MR) is 194 cm³/mol. The zero-order chi connectivity index (χ0) is 35.6. The average Bonchev–Trinajstić information content (AvgIpc) is 3.18. The van der Waals surface area contributed by atoms with Crippen molar-refractivity contribution in [1.82, 2.24) is 0 Å². The summed E-state index contributed by atoms with van der Waals surface area (Å²) in [6, 6.07) is 46.1. The quantitative estimate of drug-likeness (QED) is 0.174. The molecule has 0 bridgehead atoms. The Morgan fingerprint density at radius 3 is 1.02 bits per heavy atom. The van der Waals surface area contributed by atoms with Gasteiger partial charge in [0.2, 0.25) is 0 Å². The Balaban J connectivity index is 0.000000146. The second kappa shape index (κ2) is 16.3. The van der Waals surface area contributed by atoms with E-state index in [1.807, 2.05) is 50.2 Å². The van der Waals surface area contributed by atoms with Gasteiger partial charge in [0, 0.05) is 33.4 Å². The van der Waals surface area contributed by atoms with Crippen LogP contribution >= 0.6 is 0 Å². The molecular formula is C44H36O6. The minimum absolute atomic E-state index is 0.0525. The van der Waals surface area contributed by atoms with Crippen molar-refractivity contribution in [3.63, 3.8) is 0 Å². The highest BCUT2D eigenvalue weighted by Crippen LogP contribution is 2.29. The molecule has 6 aromatic rings. The topological polar surface area (TPSA) is 109 Å². The largest absolute Gasteiger partial charge is 0.380 e. The van der Waals surface area contributed by atoms with Gasteiger partial charge in [0.05, 0.1) is 0 Å². The second-order valence-electron chi connectivity index (χ2n) is 11.8. The molecule has 50 heavy (non-hydrogen) atoms. The van der Waals surface area contributed by atoms with Crippen LogP contribution in [0.4, 0.5) is 0 Å². The van der Waals surface area contributed by atoms with Crippen molar-refractivity contribution < 1.29 is 29.4 Å². The molecule has 0 fully saturated rings. The van der Waals surface area contributed by atoms with Crippen LogP contribution in [0.1, 0.15) is 87.0 Å². The first kappa shape index (κ1) is 35.2. The highest BCUT2D eigenvalue weighted by Gasteiger charge is 2.29. The molecule has 1 aliphatic carbocycles. The Bertz CT molecular complexity index is 1950. The van der Waals surface area contributed by atoms with Gasteiger partial charge in [0.25, 0.3) is 0 Å². The lowest BCUT2D eigenvalue weighted by molar-refractivity contribution is 0.0743. The number of aryl methyl sites for hydroxylation is 2. The smallest absolute Gasteiger partial charge is 0.195 e. The normalized spacial score (nSPS) is 12.5. The predicted octanol–water partition coefficient (Wildman–Crippen LogP) is 8.28. The molecule has 0 saturated heterocycles. The summed E-state index contributed by atoms with van der Waals surface area (Å²) in [6.07, 6.45) is -2.16. The summed E-state index contributed by atoms with van der Waals surface area (Å²) < 4.78 is 0. The van der Waals surface area contributed by atoms with Crippen LogP contribution in [0.3, 0.4) is 0 Å². The summed E-state index contributed by atoms with van der Waals surface area (Å²) in [6.45, 7) is 3.90. The number of Topliss-reactive ketones (excluding diaryl/α,β-unsaturated/α-hetero) is 2. The van der Waals surface area contributed by atoms with Gasteiger partial charge < -0.3 is 10.2 Å². The van der Waals surface area contributed by atoms with Gasteiger partial charge >= 0.3 is 0 Å². The van der Waals surface area contributed by atoms with Gasteiger partial charge in [0.15, 0.2) is 23.1 Å². The van der Waals surface area contributed by atoms with Crippen molar-refractivity contribution in [3.8, 4) is 0 Å². The summed E-state index contributed by atoms with van der Waals surface area (Å²) in [5, 5.41) is 19.8. The molecule has 0 saturated carbocycles. The van der Waals surface area contributed by atoms with Crippen molar-refractivity contribution in [2.45, 2.75) is 26.1 Å². The van der Waals surface area contributed by atoms with E-state index in [0.717, 1.165) is 11.1 Å². The Hall–Kier alpha value is -6.08. The molecule has 6 heteroatoms. The Morgan fingerprint density at radius 2 is 0.700 bits per heavy atom. The van der Waals surface area contributed by atoms with Crippen LogP contribution in [0, 0.1) is 13.8 Å². The number of aliphatic hydroxyl groups excluding tert-OH is 2. The molecule has 1 aliphatic rings. The van der Waals surface area contributed by atoms with Gasteiger partial charge in [-0.3, -0.25) is 19.2 Å². The number of benzene rings is 6. The van der Waals surface area contributed by atoms with E-state index in [1.54, 1.807) is 121 Å². The standard InChI is InChI=1S/C16H12O2.2C14H12O2/c1-9-7-13-14(8-10(9)2)16(18)12-6-4-3-5-11(12)15(13)17;2*15-13(11-7-3-1-4-8-11)14(16)12-9-5-2-6-10-12/h3-8H,1-2H3;2*1-10,13,15H. The van der Waals surface area contributed by atoms with Crippen LogP contribution in [0.15, 0.2) is 158 Å². The Labute approximate surface area is 291 Å². The number of fused-ring (bicyclic) bond motifs is 2. The summed E-state index contributed by atoms with van der Waals surface area (Å²) in [7, 11) is 0. The molecular weight excluding hydrogens is 624 g/mol. The van der Waals surface area contributed by atoms with E-state index in [9.17, 15) is 29.4 Å². The lowest BCUT2D eigenvalue weighted by Crippen LogP contribution is -2.21. The highest BCUT2D eigenvalue weighted by molar-refractivity contribution is 6.28. The van der Waals surface area contributed by atoms with Crippen LogP contribution in [0.25, 0.3) is 0 Å². The second-order valence-corrected chi connectivity index (χ2v) is 11.8. The van der Waals surface area contributed by atoms with E-state index >= 15 is 0 Å². The first-order valence-corrected chi connectivity index (χ1v) is 16.1. The number of rotatable bonds is 6. The van der Waals surface area contributed by atoms with Crippen molar-refractivity contribution in [3.05, 3.63) is 213 Å². The zero-order valence-electron chi connectivity index (χ0n) is 27.7. The number of carbonyl (C=O) groups is 4. The Kier molecular flexibility index (Phi) is 11.5. The molecule has 0 radical (unpaired) electrons. The third-order valence-corrected chi connectivity index (χ3v) is 8.38. The molecule has 0 amide bonds. The first-order chi connectivity index (χ1) is 24.2. The third-order valence-electron chi connectivity index (χ3n) is 8.38. The minimum Gasteiger partial charge on any atom is -0.380 e.